The highest BCUT2D eigenvalue weighted by Crippen LogP contribution is 1.88. The molecule has 0 spiro atoms. The van der Waals surface area contributed by atoms with E-state index in [1.807, 2.05) is 13.8 Å². The number of methoxy groups -OCH3 is 1. The van der Waals surface area contributed by atoms with Gasteiger partial charge in [-0.25, -0.2) is 0 Å². The molecule has 0 aliphatic heterocycles. The van der Waals surface area contributed by atoms with Crippen molar-refractivity contribution in [1.82, 2.24) is 5.32 Å². The van der Waals surface area contributed by atoms with E-state index in [9.17, 15) is 0 Å². The Hall–Kier alpha value is -0.160. The van der Waals surface area contributed by atoms with Gasteiger partial charge >= 0.3 is 0 Å². The normalized spacial score (nSPS) is 13.9. The lowest BCUT2D eigenvalue weighted by Gasteiger charge is -2.13. The zero-order valence-corrected chi connectivity index (χ0v) is 7.33. The van der Waals surface area contributed by atoms with Crippen molar-refractivity contribution in [2.24, 2.45) is 0 Å². The maximum absolute atomic E-state index is 9.11. The molecule has 0 radical (unpaired) electrons. The van der Waals surface area contributed by atoms with E-state index < -0.39 is 6.23 Å². The Bertz CT molecular complexity index is 87.8. The molecule has 0 saturated heterocycles. The van der Waals surface area contributed by atoms with Crippen molar-refractivity contribution >= 4 is 0 Å². The number of aliphatic hydroxyl groups is 1. The average Bonchev–Trinajstić information content (AvgIpc) is 1.97. The Kier molecular flexibility index (Phi) is 6.45. The van der Waals surface area contributed by atoms with Gasteiger partial charge in [-0.15, -0.1) is 0 Å². The van der Waals surface area contributed by atoms with Crippen LogP contribution in [0, 0.1) is 0 Å². The van der Waals surface area contributed by atoms with Crippen LogP contribution in [0.4, 0.5) is 0 Å². The summed E-state index contributed by atoms with van der Waals surface area (Å²) in [6.07, 6.45) is -0.494. The van der Waals surface area contributed by atoms with Gasteiger partial charge in [0.25, 0.3) is 0 Å². The number of hydrogen-bond acceptors (Lipinski definition) is 4. The summed E-state index contributed by atoms with van der Waals surface area (Å²) in [4.78, 5) is 0. The Morgan fingerprint density at radius 3 is 2.55 bits per heavy atom. The van der Waals surface area contributed by atoms with Crippen LogP contribution in [0.25, 0.3) is 0 Å². The highest BCUT2D eigenvalue weighted by molar-refractivity contribution is 4.47. The van der Waals surface area contributed by atoms with Crippen LogP contribution in [0.15, 0.2) is 0 Å². The molecule has 0 bridgehead atoms. The first kappa shape index (κ1) is 10.8. The Balaban J connectivity index is 3.15. The predicted molar refractivity (Wildman–Crippen MR) is 42.1 cm³/mol. The Morgan fingerprint density at radius 1 is 1.45 bits per heavy atom. The third-order valence-electron chi connectivity index (χ3n) is 1.05. The van der Waals surface area contributed by atoms with E-state index in [4.69, 9.17) is 14.6 Å². The molecule has 1 unspecified atom stereocenters. The molecule has 0 heterocycles. The fourth-order valence-electron chi connectivity index (χ4n) is 0.522. The van der Waals surface area contributed by atoms with Crippen LogP contribution in [0.2, 0.25) is 0 Å². The van der Waals surface area contributed by atoms with Gasteiger partial charge in [0.2, 0.25) is 0 Å². The Labute approximate surface area is 67.5 Å². The van der Waals surface area contributed by atoms with Crippen molar-refractivity contribution in [2.75, 3.05) is 20.4 Å². The van der Waals surface area contributed by atoms with E-state index >= 15 is 0 Å². The van der Waals surface area contributed by atoms with E-state index in [-0.39, 0.29) is 6.10 Å². The van der Waals surface area contributed by atoms with Crippen LogP contribution in [0.5, 0.6) is 0 Å². The van der Waals surface area contributed by atoms with Crippen molar-refractivity contribution in [3.05, 3.63) is 0 Å². The summed E-state index contributed by atoms with van der Waals surface area (Å²) in [6, 6.07) is 0. The smallest absolute Gasteiger partial charge is 0.130 e. The van der Waals surface area contributed by atoms with E-state index in [1.54, 1.807) is 7.11 Å². The van der Waals surface area contributed by atoms with Gasteiger partial charge in [0, 0.05) is 7.11 Å². The quantitative estimate of drug-likeness (QED) is 0.538. The van der Waals surface area contributed by atoms with Gasteiger partial charge < -0.3 is 14.6 Å². The van der Waals surface area contributed by atoms with Gasteiger partial charge in [-0.05, 0) is 13.8 Å². The molecule has 68 valence electrons. The minimum atomic E-state index is -0.641. The molecule has 0 aromatic carbocycles. The summed E-state index contributed by atoms with van der Waals surface area (Å²) >= 11 is 0. The molecule has 0 aromatic rings. The highest BCUT2D eigenvalue weighted by atomic mass is 16.5. The second-order valence-electron chi connectivity index (χ2n) is 2.54. The molecule has 0 amide bonds. The fraction of sp³-hybridized carbons (Fsp3) is 1.00. The van der Waals surface area contributed by atoms with Crippen LogP contribution >= 0.6 is 0 Å². The largest absolute Gasteiger partial charge is 0.376 e. The molecule has 4 nitrogen and oxygen atoms in total. The van der Waals surface area contributed by atoms with Crippen LogP contribution in [-0.2, 0) is 9.47 Å². The summed E-state index contributed by atoms with van der Waals surface area (Å²) in [7, 11) is 1.56. The molecular formula is C7H17NO3. The van der Waals surface area contributed by atoms with Crippen molar-refractivity contribution in [3.63, 3.8) is 0 Å². The molecule has 0 fully saturated rings. The molecule has 11 heavy (non-hydrogen) atoms. The van der Waals surface area contributed by atoms with Crippen molar-refractivity contribution in [2.45, 2.75) is 26.2 Å². The second-order valence-corrected chi connectivity index (χ2v) is 2.54. The summed E-state index contributed by atoms with van der Waals surface area (Å²) in [5.74, 6) is 0. The van der Waals surface area contributed by atoms with Crippen molar-refractivity contribution < 1.29 is 14.6 Å². The summed E-state index contributed by atoms with van der Waals surface area (Å²) in [6.45, 7) is 4.47. The van der Waals surface area contributed by atoms with E-state index in [0.717, 1.165) is 0 Å². The minimum absolute atomic E-state index is 0.147. The highest BCUT2D eigenvalue weighted by Gasteiger charge is 2.02. The zero-order chi connectivity index (χ0) is 8.69. The molecule has 2 N–H and O–H groups in total. The molecule has 0 aromatic heterocycles. The lowest BCUT2D eigenvalue weighted by molar-refractivity contribution is -0.0220. The predicted octanol–water partition coefficient (Wildman–Crippen LogP) is -0.0767. The summed E-state index contributed by atoms with van der Waals surface area (Å²) < 4.78 is 9.83. The summed E-state index contributed by atoms with van der Waals surface area (Å²) in [5.41, 5.74) is 0. The fourth-order valence-corrected chi connectivity index (χ4v) is 0.522. The monoisotopic (exact) mass is 163 g/mol. The van der Waals surface area contributed by atoms with Gasteiger partial charge in [0.05, 0.1) is 19.4 Å². The van der Waals surface area contributed by atoms with Crippen molar-refractivity contribution in [3.8, 4) is 0 Å². The summed E-state index contributed by atoms with van der Waals surface area (Å²) in [5, 5.41) is 11.8. The average molecular weight is 163 g/mol. The topological polar surface area (TPSA) is 50.7 Å². The van der Waals surface area contributed by atoms with Gasteiger partial charge in [-0.1, -0.05) is 0 Å². The number of rotatable bonds is 6. The van der Waals surface area contributed by atoms with Crippen molar-refractivity contribution in [1.29, 1.82) is 0 Å². The molecule has 1 atom stereocenters. The van der Waals surface area contributed by atoms with E-state index in [1.165, 1.54) is 0 Å². The first-order chi connectivity index (χ1) is 5.16. The lowest BCUT2D eigenvalue weighted by atomic mass is 10.5. The molecule has 4 heteroatoms. The van der Waals surface area contributed by atoms with Crippen LogP contribution in [0.3, 0.4) is 0 Å². The Morgan fingerprint density at radius 2 is 2.09 bits per heavy atom. The van der Waals surface area contributed by atoms with Crippen LogP contribution in [-0.4, -0.2) is 37.9 Å². The molecule has 0 saturated carbocycles. The molecule has 0 aliphatic carbocycles. The van der Waals surface area contributed by atoms with Gasteiger partial charge in [0.1, 0.15) is 6.23 Å². The third kappa shape index (κ3) is 7.74. The first-order valence-electron chi connectivity index (χ1n) is 3.68. The maximum atomic E-state index is 9.11. The number of hydrogen-bond donors (Lipinski definition) is 2. The van der Waals surface area contributed by atoms with E-state index in [2.05, 4.69) is 5.32 Å². The van der Waals surface area contributed by atoms with Gasteiger partial charge in [0.15, 0.2) is 0 Å². The van der Waals surface area contributed by atoms with Crippen LogP contribution < -0.4 is 5.32 Å². The first-order valence-corrected chi connectivity index (χ1v) is 3.68. The molecule has 0 rings (SSSR count). The molecule has 0 aliphatic rings. The van der Waals surface area contributed by atoms with E-state index in [0.29, 0.717) is 13.3 Å². The maximum Gasteiger partial charge on any atom is 0.130 e. The standard InChI is InChI=1S/C7H17NO3/c1-6(2)11-4-7(9)8-5-10-3/h6-9H,4-5H2,1-3H3. The lowest BCUT2D eigenvalue weighted by Crippen LogP contribution is -2.35. The van der Waals surface area contributed by atoms with Gasteiger partial charge in [-0.3, -0.25) is 5.32 Å². The third-order valence-corrected chi connectivity index (χ3v) is 1.05. The number of aliphatic hydroxyl groups excluding tert-OH is 1. The molecular weight excluding hydrogens is 146 g/mol. The SMILES string of the molecule is COCNC(O)COC(C)C. The number of nitrogens with one attached hydrogen (secondary N) is 1. The zero-order valence-electron chi connectivity index (χ0n) is 7.33. The second kappa shape index (κ2) is 6.54. The minimum Gasteiger partial charge on any atom is -0.376 e. The van der Waals surface area contributed by atoms with Gasteiger partial charge in [-0.2, -0.15) is 0 Å². The van der Waals surface area contributed by atoms with Crippen LogP contribution in [0.1, 0.15) is 13.8 Å². The number of ether oxygens (including phenoxy) is 2.